The van der Waals surface area contributed by atoms with E-state index < -0.39 is 5.97 Å². The molecular weight excluding hydrogens is 228 g/mol. The fourth-order valence-electron chi connectivity index (χ4n) is 2.16. The first-order valence-electron chi connectivity index (χ1n) is 6.29. The maximum absolute atomic E-state index is 12.0. The normalized spacial score (nSPS) is 12.4. The summed E-state index contributed by atoms with van der Waals surface area (Å²) < 4.78 is 0. The molecule has 0 bridgehead atoms. The van der Waals surface area contributed by atoms with Gasteiger partial charge < -0.3 is 5.11 Å². The number of carbonyl (C=O) groups excluding carboxylic acids is 1. The molecule has 0 heterocycles. The van der Waals surface area contributed by atoms with Crippen molar-refractivity contribution in [2.24, 2.45) is 11.8 Å². The van der Waals surface area contributed by atoms with Crippen LogP contribution < -0.4 is 0 Å². The van der Waals surface area contributed by atoms with E-state index >= 15 is 0 Å². The molecule has 3 heteroatoms. The molecule has 1 atom stereocenters. The predicted molar refractivity (Wildman–Crippen MR) is 70.6 cm³/mol. The Morgan fingerprint density at radius 3 is 2.22 bits per heavy atom. The van der Waals surface area contributed by atoms with Crippen LogP contribution in [0.5, 0.6) is 0 Å². The van der Waals surface area contributed by atoms with E-state index in [1.54, 1.807) is 12.1 Å². The van der Waals surface area contributed by atoms with E-state index in [0.717, 1.165) is 6.42 Å². The van der Waals surface area contributed by atoms with Crippen LogP contribution in [0.4, 0.5) is 0 Å². The molecule has 0 aliphatic carbocycles. The lowest BCUT2D eigenvalue weighted by molar-refractivity contribution is -0.138. The molecule has 0 amide bonds. The molecule has 1 rings (SSSR count). The van der Waals surface area contributed by atoms with Gasteiger partial charge in [0.2, 0.25) is 0 Å². The lowest BCUT2D eigenvalue weighted by atomic mass is 9.88. The number of benzene rings is 1. The molecule has 0 aromatic heterocycles. The maximum atomic E-state index is 12.0. The maximum Gasteiger partial charge on any atom is 0.303 e. The average molecular weight is 248 g/mol. The highest BCUT2D eigenvalue weighted by Gasteiger charge is 2.19. The van der Waals surface area contributed by atoms with Gasteiger partial charge in [-0.3, -0.25) is 9.59 Å². The van der Waals surface area contributed by atoms with Crippen LogP contribution in [0.3, 0.4) is 0 Å². The first-order valence-corrected chi connectivity index (χ1v) is 6.29. The summed E-state index contributed by atoms with van der Waals surface area (Å²) >= 11 is 0. The number of hydrogen-bond acceptors (Lipinski definition) is 2. The number of carbonyl (C=O) groups is 2. The summed E-state index contributed by atoms with van der Waals surface area (Å²) in [6, 6.07) is 9.05. The minimum absolute atomic E-state index is 0.0301. The third-order valence-electron chi connectivity index (χ3n) is 2.84. The quantitative estimate of drug-likeness (QED) is 0.752. The molecule has 3 nitrogen and oxygen atoms in total. The van der Waals surface area contributed by atoms with Crippen molar-refractivity contribution < 1.29 is 14.7 Å². The fourth-order valence-corrected chi connectivity index (χ4v) is 2.16. The Balaban J connectivity index is 2.65. The molecule has 1 aromatic rings. The van der Waals surface area contributed by atoms with Gasteiger partial charge in [-0.05, 0) is 18.3 Å². The second kappa shape index (κ2) is 6.94. The van der Waals surface area contributed by atoms with Gasteiger partial charge in [-0.1, -0.05) is 44.2 Å². The highest BCUT2D eigenvalue weighted by molar-refractivity contribution is 5.96. The second-order valence-corrected chi connectivity index (χ2v) is 5.09. The third kappa shape index (κ3) is 5.13. The monoisotopic (exact) mass is 248 g/mol. The third-order valence-corrected chi connectivity index (χ3v) is 2.84. The molecule has 0 saturated carbocycles. The summed E-state index contributed by atoms with van der Waals surface area (Å²) in [6.07, 6.45) is 1.15. The van der Waals surface area contributed by atoms with E-state index in [4.69, 9.17) is 5.11 Å². The minimum Gasteiger partial charge on any atom is -0.481 e. The van der Waals surface area contributed by atoms with Crippen LogP contribution in [-0.4, -0.2) is 16.9 Å². The molecule has 98 valence electrons. The molecule has 18 heavy (non-hydrogen) atoms. The van der Waals surface area contributed by atoms with E-state index in [1.165, 1.54) is 0 Å². The highest BCUT2D eigenvalue weighted by atomic mass is 16.4. The molecule has 0 aliphatic rings. The van der Waals surface area contributed by atoms with E-state index in [1.807, 2.05) is 32.0 Å². The standard InChI is InChI=1S/C15H20O3/c1-11(2)8-12(10-15(17)18)9-14(16)13-6-4-3-5-7-13/h3-7,11-12H,8-10H2,1-2H3,(H,17,18). The van der Waals surface area contributed by atoms with Crippen molar-refractivity contribution in [3.05, 3.63) is 35.9 Å². The summed E-state index contributed by atoms with van der Waals surface area (Å²) in [6.45, 7) is 4.09. The Kier molecular flexibility index (Phi) is 5.56. The van der Waals surface area contributed by atoms with Crippen LogP contribution in [0, 0.1) is 11.8 Å². The van der Waals surface area contributed by atoms with E-state index in [-0.39, 0.29) is 18.1 Å². The Hall–Kier alpha value is -1.64. The van der Waals surface area contributed by atoms with Gasteiger partial charge in [0.25, 0.3) is 0 Å². The van der Waals surface area contributed by atoms with Gasteiger partial charge in [-0.15, -0.1) is 0 Å². The zero-order valence-corrected chi connectivity index (χ0v) is 10.9. The summed E-state index contributed by atoms with van der Waals surface area (Å²) in [5, 5.41) is 8.87. The zero-order chi connectivity index (χ0) is 13.5. The van der Waals surface area contributed by atoms with Gasteiger partial charge in [-0.25, -0.2) is 0 Å². The Bertz CT molecular complexity index is 395. The van der Waals surface area contributed by atoms with Gasteiger partial charge in [-0.2, -0.15) is 0 Å². The van der Waals surface area contributed by atoms with E-state index in [9.17, 15) is 9.59 Å². The SMILES string of the molecule is CC(C)CC(CC(=O)O)CC(=O)c1ccccc1. The largest absolute Gasteiger partial charge is 0.481 e. The summed E-state index contributed by atoms with van der Waals surface area (Å²) in [5.74, 6) is -0.475. The van der Waals surface area contributed by atoms with Crippen LogP contribution in [0.15, 0.2) is 30.3 Å². The van der Waals surface area contributed by atoms with Crippen molar-refractivity contribution >= 4 is 11.8 Å². The summed E-state index contributed by atoms with van der Waals surface area (Å²) in [7, 11) is 0. The topological polar surface area (TPSA) is 54.4 Å². The number of carboxylic acid groups (broad SMARTS) is 1. The van der Waals surface area contributed by atoms with Crippen LogP contribution in [0.2, 0.25) is 0 Å². The average Bonchev–Trinajstić information content (AvgIpc) is 2.28. The fraction of sp³-hybridized carbons (Fsp3) is 0.467. The lowest BCUT2D eigenvalue weighted by Crippen LogP contribution is -2.15. The van der Waals surface area contributed by atoms with Gasteiger partial charge in [0, 0.05) is 18.4 Å². The lowest BCUT2D eigenvalue weighted by Gasteiger charge is -2.16. The van der Waals surface area contributed by atoms with Crippen molar-refractivity contribution in [1.82, 2.24) is 0 Å². The van der Waals surface area contributed by atoms with Crippen LogP contribution in [0.25, 0.3) is 0 Å². The number of ketones is 1. The van der Waals surface area contributed by atoms with E-state index in [2.05, 4.69) is 0 Å². The van der Waals surface area contributed by atoms with Crippen LogP contribution in [0.1, 0.15) is 43.5 Å². The highest BCUT2D eigenvalue weighted by Crippen LogP contribution is 2.21. The van der Waals surface area contributed by atoms with Crippen molar-refractivity contribution in [3.8, 4) is 0 Å². The molecule has 1 unspecified atom stereocenters. The molecule has 0 spiro atoms. The number of Topliss-reactive ketones (excluding diaryl/α,β-unsaturated/α-hetero) is 1. The molecule has 0 radical (unpaired) electrons. The van der Waals surface area contributed by atoms with Crippen molar-refractivity contribution in [2.45, 2.75) is 33.1 Å². The second-order valence-electron chi connectivity index (χ2n) is 5.09. The predicted octanol–water partition coefficient (Wildman–Crippen LogP) is 3.40. The molecule has 0 aliphatic heterocycles. The Morgan fingerprint density at radius 1 is 1.11 bits per heavy atom. The smallest absolute Gasteiger partial charge is 0.303 e. The van der Waals surface area contributed by atoms with E-state index in [0.29, 0.717) is 17.9 Å². The van der Waals surface area contributed by atoms with Gasteiger partial charge in [0.15, 0.2) is 5.78 Å². The Labute approximate surface area is 108 Å². The van der Waals surface area contributed by atoms with Gasteiger partial charge in [0.05, 0.1) is 0 Å². The van der Waals surface area contributed by atoms with Gasteiger partial charge >= 0.3 is 5.97 Å². The number of carboxylic acids is 1. The summed E-state index contributed by atoms with van der Waals surface area (Å²) in [4.78, 5) is 22.8. The number of hydrogen-bond donors (Lipinski definition) is 1. The Morgan fingerprint density at radius 2 is 1.72 bits per heavy atom. The van der Waals surface area contributed by atoms with Crippen molar-refractivity contribution in [3.63, 3.8) is 0 Å². The van der Waals surface area contributed by atoms with Crippen LogP contribution >= 0.6 is 0 Å². The van der Waals surface area contributed by atoms with Crippen molar-refractivity contribution in [2.75, 3.05) is 0 Å². The number of rotatable bonds is 7. The van der Waals surface area contributed by atoms with Gasteiger partial charge in [0.1, 0.15) is 0 Å². The minimum atomic E-state index is -0.832. The summed E-state index contributed by atoms with van der Waals surface area (Å²) in [5.41, 5.74) is 0.664. The molecule has 1 aromatic carbocycles. The molecule has 1 N–H and O–H groups in total. The zero-order valence-electron chi connectivity index (χ0n) is 10.9. The van der Waals surface area contributed by atoms with Crippen molar-refractivity contribution in [1.29, 1.82) is 0 Å². The molecule has 0 saturated heterocycles. The molecule has 0 fully saturated rings. The molecular formula is C15H20O3. The first-order chi connectivity index (χ1) is 8.49. The first kappa shape index (κ1) is 14.4. The van der Waals surface area contributed by atoms with Crippen LogP contribution in [-0.2, 0) is 4.79 Å². The number of aliphatic carboxylic acids is 1.